The second-order valence-corrected chi connectivity index (χ2v) is 8.64. The van der Waals surface area contributed by atoms with Crippen LogP contribution < -0.4 is 10.6 Å². The molecule has 0 spiro atoms. The largest absolute Gasteiger partial charge is 0.419 e. The van der Waals surface area contributed by atoms with E-state index in [2.05, 4.69) is 29.9 Å². The van der Waals surface area contributed by atoms with Gasteiger partial charge in [0.25, 0.3) is 0 Å². The number of alkyl halides is 3. The van der Waals surface area contributed by atoms with Gasteiger partial charge in [-0.05, 0) is 38.0 Å². The Balaban J connectivity index is 2.26. The van der Waals surface area contributed by atoms with Crippen LogP contribution in [0.4, 0.5) is 19.1 Å². The molecule has 1 aromatic rings. The van der Waals surface area contributed by atoms with E-state index in [9.17, 15) is 13.2 Å². The fraction of sp³-hybridized carbons (Fsp3) is 0.667. The Morgan fingerprint density at radius 2 is 2.09 bits per heavy atom. The highest BCUT2D eigenvalue weighted by molar-refractivity contribution is 7.96. The molecule has 1 aliphatic heterocycles. The second kappa shape index (κ2) is 12.4. The Labute approximate surface area is 192 Å². The van der Waals surface area contributed by atoms with E-state index in [1.54, 1.807) is 18.9 Å². The molecule has 2 rings (SSSR count). The smallest absolute Gasteiger partial charge is 0.394 e. The van der Waals surface area contributed by atoms with E-state index in [1.807, 2.05) is 20.1 Å². The van der Waals surface area contributed by atoms with Crippen LogP contribution in [0, 0.1) is 5.92 Å². The molecule has 1 aliphatic rings. The van der Waals surface area contributed by atoms with Crippen molar-refractivity contribution in [3.63, 3.8) is 0 Å². The van der Waals surface area contributed by atoms with Gasteiger partial charge in [-0.2, -0.15) is 13.2 Å². The first-order valence-electron chi connectivity index (χ1n) is 10.8. The van der Waals surface area contributed by atoms with Crippen LogP contribution in [-0.4, -0.2) is 63.8 Å². The molecule has 0 aromatic carbocycles. The number of nitrogens with one attached hydrogen (secondary N) is 2. The van der Waals surface area contributed by atoms with Crippen molar-refractivity contribution >= 4 is 29.3 Å². The minimum absolute atomic E-state index is 0.0717. The van der Waals surface area contributed by atoms with Crippen LogP contribution in [0.1, 0.15) is 51.3 Å². The summed E-state index contributed by atoms with van der Waals surface area (Å²) in [5.41, 5.74) is -0.733. The Morgan fingerprint density at radius 3 is 2.66 bits per heavy atom. The lowest BCUT2D eigenvalue weighted by Crippen LogP contribution is -2.35. The van der Waals surface area contributed by atoms with Gasteiger partial charge in [-0.25, -0.2) is 9.97 Å². The molecule has 1 saturated heterocycles. The lowest BCUT2D eigenvalue weighted by molar-refractivity contribution is -0.138. The number of allylic oxidation sites excluding steroid dienone is 1. The van der Waals surface area contributed by atoms with Crippen molar-refractivity contribution in [1.82, 2.24) is 19.6 Å². The summed E-state index contributed by atoms with van der Waals surface area (Å²) in [7, 11) is 0. The van der Waals surface area contributed by atoms with E-state index in [4.69, 9.17) is 5.11 Å². The fourth-order valence-electron chi connectivity index (χ4n) is 3.28. The molecular formula is C21H33F3N6OS. The molecule has 1 unspecified atom stereocenters. The second-order valence-electron chi connectivity index (χ2n) is 7.76. The van der Waals surface area contributed by atoms with E-state index in [1.165, 1.54) is 6.20 Å². The van der Waals surface area contributed by atoms with Crippen molar-refractivity contribution in [3.05, 3.63) is 23.7 Å². The van der Waals surface area contributed by atoms with Crippen LogP contribution in [-0.2, 0) is 6.18 Å². The number of halogens is 3. The van der Waals surface area contributed by atoms with Gasteiger partial charge in [0, 0.05) is 37.4 Å². The van der Waals surface area contributed by atoms with E-state index in [-0.39, 0.29) is 36.8 Å². The van der Waals surface area contributed by atoms with Gasteiger partial charge >= 0.3 is 6.18 Å². The van der Waals surface area contributed by atoms with Gasteiger partial charge in [-0.15, -0.1) is 0 Å². The number of amidine groups is 1. The molecule has 11 heteroatoms. The van der Waals surface area contributed by atoms with Gasteiger partial charge in [0.15, 0.2) is 0 Å². The molecule has 0 radical (unpaired) electrons. The van der Waals surface area contributed by atoms with Crippen molar-refractivity contribution in [2.24, 2.45) is 10.9 Å². The first-order valence-corrected chi connectivity index (χ1v) is 12.0. The van der Waals surface area contributed by atoms with Gasteiger partial charge in [0.05, 0.1) is 24.4 Å². The molecule has 32 heavy (non-hydrogen) atoms. The Hall–Kier alpha value is -1.85. The van der Waals surface area contributed by atoms with E-state index >= 15 is 0 Å². The van der Waals surface area contributed by atoms with Crippen LogP contribution in [0.25, 0.3) is 5.57 Å². The number of aliphatic hydroxyl groups is 1. The fourth-order valence-corrected chi connectivity index (χ4v) is 3.86. The minimum atomic E-state index is -4.57. The first kappa shape index (κ1) is 26.4. The van der Waals surface area contributed by atoms with E-state index < -0.39 is 11.7 Å². The summed E-state index contributed by atoms with van der Waals surface area (Å²) in [5.74, 6) is 0.879. The Kier molecular flexibility index (Phi) is 10.2. The molecule has 0 bridgehead atoms. The van der Waals surface area contributed by atoms with E-state index in [0.29, 0.717) is 11.4 Å². The molecule has 7 nitrogen and oxygen atoms in total. The summed E-state index contributed by atoms with van der Waals surface area (Å²) in [6.07, 6.45) is 2.33. The van der Waals surface area contributed by atoms with Gasteiger partial charge in [0.1, 0.15) is 5.84 Å². The first-order chi connectivity index (χ1) is 15.2. The molecule has 180 valence electrons. The molecule has 0 aliphatic carbocycles. The third-order valence-electron chi connectivity index (χ3n) is 5.41. The number of rotatable bonds is 9. The minimum Gasteiger partial charge on any atom is -0.394 e. The molecule has 3 N–H and O–H groups in total. The van der Waals surface area contributed by atoms with Crippen LogP contribution in [0.5, 0.6) is 0 Å². The maximum Gasteiger partial charge on any atom is 0.419 e. The molecule has 1 fully saturated rings. The number of nitrogens with zero attached hydrogens (tertiary/aromatic N) is 4. The number of hydrogen-bond donors (Lipinski definition) is 3. The molecule has 0 amide bonds. The van der Waals surface area contributed by atoms with Crippen LogP contribution in [0.15, 0.2) is 17.4 Å². The van der Waals surface area contributed by atoms with Gasteiger partial charge in [-0.3, -0.25) is 9.30 Å². The van der Waals surface area contributed by atoms with Crippen LogP contribution in [0.2, 0.25) is 0 Å². The molecule has 1 aromatic heterocycles. The zero-order valence-electron chi connectivity index (χ0n) is 19.0. The predicted molar refractivity (Wildman–Crippen MR) is 124 cm³/mol. The van der Waals surface area contributed by atoms with E-state index in [0.717, 1.165) is 38.5 Å². The van der Waals surface area contributed by atoms with Gasteiger partial charge in [-0.1, -0.05) is 25.8 Å². The third kappa shape index (κ3) is 7.63. The standard InChI is InChI=1S/C21H33F3N6OS/c1-5-14(2)19(25-8-11-31)26-12-15(3)18-17(21(22,23)24)13-27-20(29-18)28-16-6-9-30(32-4)10-7-16/h12-14,16,31H,5-11H2,1-4H3,(H,25,26)(H,27,28,29)/b15-12+. The monoisotopic (exact) mass is 474 g/mol. The summed E-state index contributed by atoms with van der Waals surface area (Å²) in [6.45, 7) is 7.46. The summed E-state index contributed by atoms with van der Waals surface area (Å²) < 4.78 is 43.1. The van der Waals surface area contributed by atoms with Crippen LogP contribution >= 0.6 is 11.9 Å². The lowest BCUT2D eigenvalue weighted by atomic mass is 10.1. The highest BCUT2D eigenvalue weighted by atomic mass is 32.2. The van der Waals surface area contributed by atoms with Crippen molar-refractivity contribution in [3.8, 4) is 0 Å². The molecule has 1 atom stereocenters. The average molecular weight is 475 g/mol. The zero-order chi connectivity index (χ0) is 23.7. The zero-order valence-corrected chi connectivity index (χ0v) is 19.9. The predicted octanol–water partition coefficient (Wildman–Crippen LogP) is 4.04. The highest BCUT2D eigenvalue weighted by Crippen LogP contribution is 2.34. The quantitative estimate of drug-likeness (QED) is 0.283. The van der Waals surface area contributed by atoms with Crippen molar-refractivity contribution in [2.45, 2.75) is 52.3 Å². The maximum absolute atomic E-state index is 13.6. The van der Waals surface area contributed by atoms with Crippen molar-refractivity contribution in [1.29, 1.82) is 0 Å². The normalized spacial score (nSPS) is 18.0. The molecule has 2 heterocycles. The van der Waals surface area contributed by atoms with Crippen molar-refractivity contribution < 1.29 is 18.3 Å². The maximum atomic E-state index is 13.6. The average Bonchev–Trinajstić information content (AvgIpc) is 2.78. The number of aliphatic imine (C=N–C) groups is 1. The number of aromatic nitrogens is 2. The molecule has 0 saturated carbocycles. The topological polar surface area (TPSA) is 85.7 Å². The number of piperidine rings is 1. The summed E-state index contributed by atoms with van der Waals surface area (Å²) in [6, 6.07) is 0.119. The SMILES string of the molecule is CCC(C)C(=NCCO)N/C=C(\C)c1nc(NC2CCN(SC)CC2)ncc1C(F)(F)F. The molecular weight excluding hydrogens is 441 g/mol. The highest BCUT2D eigenvalue weighted by Gasteiger charge is 2.35. The Morgan fingerprint density at radius 1 is 1.41 bits per heavy atom. The summed E-state index contributed by atoms with van der Waals surface area (Å²) in [5, 5.41) is 15.3. The lowest BCUT2D eigenvalue weighted by Gasteiger charge is -2.30. The van der Waals surface area contributed by atoms with Crippen molar-refractivity contribution in [2.75, 3.05) is 37.8 Å². The summed E-state index contributed by atoms with van der Waals surface area (Å²) >= 11 is 1.69. The van der Waals surface area contributed by atoms with Gasteiger partial charge in [0.2, 0.25) is 5.95 Å². The van der Waals surface area contributed by atoms with Crippen LogP contribution in [0.3, 0.4) is 0 Å². The van der Waals surface area contributed by atoms with Gasteiger partial charge < -0.3 is 15.7 Å². The Bertz CT molecular complexity index is 794. The third-order valence-corrected chi connectivity index (χ3v) is 6.29. The number of hydrogen-bond acceptors (Lipinski definition) is 7. The summed E-state index contributed by atoms with van der Waals surface area (Å²) in [4.78, 5) is 12.5. The number of aliphatic hydroxyl groups excluding tert-OH is 1. The number of anilines is 1.